The molecule has 2 aromatic carbocycles. The zero-order valence-electron chi connectivity index (χ0n) is 20.9. The fraction of sp³-hybridized carbons (Fsp3) is 0.333. The molecule has 4 rings (SSSR count). The molecule has 0 saturated heterocycles. The molecule has 0 bridgehead atoms. The maximum Gasteiger partial charge on any atom is 0.265 e. The molecule has 0 atom stereocenters. The Balaban J connectivity index is 1.79. The number of amidine groups is 1. The Morgan fingerprint density at radius 1 is 1.08 bits per heavy atom. The van der Waals surface area contributed by atoms with Gasteiger partial charge in [0.1, 0.15) is 23.0 Å². The van der Waals surface area contributed by atoms with Gasteiger partial charge in [-0.15, -0.1) is 0 Å². The molecule has 36 heavy (non-hydrogen) atoms. The normalized spacial score (nSPS) is 12.9. The van der Waals surface area contributed by atoms with Crippen molar-refractivity contribution >= 4 is 12.1 Å². The van der Waals surface area contributed by atoms with Gasteiger partial charge in [-0.1, -0.05) is 49.3 Å². The number of hydrogen-bond donors (Lipinski definition) is 1. The van der Waals surface area contributed by atoms with E-state index in [9.17, 15) is 9.90 Å². The Labute approximate surface area is 209 Å². The van der Waals surface area contributed by atoms with Gasteiger partial charge in [-0.3, -0.25) is 9.36 Å². The summed E-state index contributed by atoms with van der Waals surface area (Å²) in [5.74, 6) is 1.99. The number of aromatic hydroxyl groups is 1. The van der Waals surface area contributed by atoms with Crippen molar-refractivity contribution < 1.29 is 19.4 Å². The number of methoxy groups -OCH3 is 2. The zero-order valence-corrected chi connectivity index (χ0v) is 20.9. The van der Waals surface area contributed by atoms with E-state index >= 15 is 0 Å². The van der Waals surface area contributed by atoms with E-state index in [1.807, 2.05) is 24.3 Å². The molecule has 1 aromatic heterocycles. The van der Waals surface area contributed by atoms with E-state index in [1.165, 1.54) is 4.57 Å². The molecular weight excluding hydrogens is 460 g/mol. The van der Waals surface area contributed by atoms with Gasteiger partial charge >= 0.3 is 0 Å². The molecule has 0 saturated carbocycles. The highest BCUT2D eigenvalue weighted by atomic mass is 16.6. The number of hydrogen-bond acceptors (Lipinski definition) is 8. The number of rotatable bonds is 9. The first kappa shape index (κ1) is 25.0. The lowest BCUT2D eigenvalue weighted by molar-refractivity contribution is 0.184. The summed E-state index contributed by atoms with van der Waals surface area (Å²) in [7, 11) is 3.08. The number of aliphatic imine (C=N–C) groups is 1. The highest BCUT2D eigenvalue weighted by molar-refractivity contribution is 6.03. The van der Waals surface area contributed by atoms with Crippen LogP contribution in [0, 0.1) is 5.92 Å². The molecule has 1 aliphatic rings. The zero-order chi connectivity index (χ0) is 25.7. The average Bonchev–Trinajstić information content (AvgIpc) is 2.90. The van der Waals surface area contributed by atoms with Crippen molar-refractivity contribution in [1.29, 1.82) is 0 Å². The van der Waals surface area contributed by atoms with E-state index in [2.05, 4.69) is 29.0 Å². The molecule has 188 valence electrons. The van der Waals surface area contributed by atoms with Gasteiger partial charge in [0.25, 0.3) is 5.56 Å². The Bertz CT molecular complexity index is 1320. The summed E-state index contributed by atoms with van der Waals surface area (Å²) in [5, 5.41) is 14.8. The minimum atomic E-state index is -0.372. The number of aromatic nitrogens is 2. The number of aryl methyl sites for hydroxylation is 1. The average molecular weight is 491 g/mol. The molecule has 2 heterocycles. The summed E-state index contributed by atoms with van der Waals surface area (Å²) in [4.78, 5) is 27.7. The molecule has 0 amide bonds. The Morgan fingerprint density at radius 2 is 1.78 bits per heavy atom. The van der Waals surface area contributed by atoms with Gasteiger partial charge < -0.3 is 19.4 Å². The quantitative estimate of drug-likeness (QED) is 0.488. The predicted octanol–water partition coefficient (Wildman–Crippen LogP) is 3.90. The highest BCUT2D eigenvalue weighted by Gasteiger charge is 2.23. The molecule has 3 aromatic rings. The minimum Gasteiger partial charge on any atom is -0.494 e. The van der Waals surface area contributed by atoms with E-state index in [0.29, 0.717) is 47.8 Å². The number of para-hydroxylation sites is 1. The van der Waals surface area contributed by atoms with Gasteiger partial charge in [-0.2, -0.15) is 4.98 Å². The lowest BCUT2D eigenvalue weighted by Crippen LogP contribution is -2.28. The largest absolute Gasteiger partial charge is 0.494 e. The summed E-state index contributed by atoms with van der Waals surface area (Å²) in [6, 6.07) is 12.8. The second-order valence-electron chi connectivity index (χ2n) is 8.81. The maximum atomic E-state index is 13.9. The van der Waals surface area contributed by atoms with Crippen molar-refractivity contribution in [3.8, 4) is 23.1 Å². The molecule has 0 unspecified atom stereocenters. The van der Waals surface area contributed by atoms with E-state index in [0.717, 1.165) is 17.5 Å². The van der Waals surface area contributed by atoms with Crippen LogP contribution >= 0.6 is 0 Å². The van der Waals surface area contributed by atoms with Crippen LogP contribution in [-0.4, -0.2) is 47.5 Å². The molecule has 1 N–H and O–H groups in total. The highest BCUT2D eigenvalue weighted by Crippen LogP contribution is 2.33. The van der Waals surface area contributed by atoms with Crippen LogP contribution in [0.25, 0.3) is 5.69 Å². The monoisotopic (exact) mass is 490 g/mol. The standard InChI is InChI=1S/C27H30N4O5/c1-17(2)8-13-23-29-26(32)20(16-18-9-11-19(12-10-18)25-28-14-15-36-30-25)27(33)31(23)24-21(34-3)6-5-7-22(24)35-4/h5-7,9-12,14,17,32H,8,13,15-16H2,1-4H3. The van der Waals surface area contributed by atoms with Gasteiger partial charge in [0, 0.05) is 24.6 Å². The van der Waals surface area contributed by atoms with Crippen molar-refractivity contribution in [3.63, 3.8) is 0 Å². The summed E-state index contributed by atoms with van der Waals surface area (Å²) in [6.07, 6.45) is 3.13. The maximum absolute atomic E-state index is 13.9. The third kappa shape index (κ3) is 5.25. The van der Waals surface area contributed by atoms with Crippen LogP contribution in [0.3, 0.4) is 0 Å². The molecule has 0 spiro atoms. The van der Waals surface area contributed by atoms with Gasteiger partial charge in [-0.05, 0) is 30.0 Å². The molecule has 0 aliphatic carbocycles. The van der Waals surface area contributed by atoms with Crippen LogP contribution in [0.4, 0.5) is 0 Å². The minimum absolute atomic E-state index is 0.181. The summed E-state index contributed by atoms with van der Waals surface area (Å²) in [5.41, 5.74) is 1.88. The van der Waals surface area contributed by atoms with Crippen LogP contribution < -0.4 is 15.0 Å². The molecule has 1 aliphatic heterocycles. The Hall–Kier alpha value is -4.14. The molecule has 0 radical (unpaired) electrons. The first-order chi connectivity index (χ1) is 17.4. The first-order valence-corrected chi connectivity index (χ1v) is 11.8. The number of nitrogens with zero attached hydrogens (tertiary/aromatic N) is 4. The fourth-order valence-corrected chi connectivity index (χ4v) is 3.99. The third-order valence-electron chi connectivity index (χ3n) is 5.90. The number of oxime groups is 1. The molecule has 9 heteroatoms. The second-order valence-corrected chi connectivity index (χ2v) is 8.81. The summed E-state index contributed by atoms with van der Waals surface area (Å²) in [6.45, 7) is 4.55. The van der Waals surface area contributed by atoms with Crippen molar-refractivity contribution in [2.75, 3.05) is 20.8 Å². The van der Waals surface area contributed by atoms with Gasteiger partial charge in [0.2, 0.25) is 5.88 Å². The van der Waals surface area contributed by atoms with Crippen LogP contribution in [0.15, 0.2) is 57.4 Å². The SMILES string of the molecule is COc1cccc(OC)c1-n1c(CCC(C)C)nc(O)c(Cc2ccc(C3=NOCC=N3)cc2)c1=O. The van der Waals surface area contributed by atoms with E-state index < -0.39 is 0 Å². The second kappa shape index (κ2) is 11.1. The molecule has 9 nitrogen and oxygen atoms in total. The summed E-state index contributed by atoms with van der Waals surface area (Å²) >= 11 is 0. The van der Waals surface area contributed by atoms with Crippen LogP contribution in [0.5, 0.6) is 17.4 Å². The lowest BCUT2D eigenvalue weighted by atomic mass is 10.0. The van der Waals surface area contributed by atoms with Gasteiger partial charge in [0.05, 0.1) is 19.8 Å². The smallest absolute Gasteiger partial charge is 0.265 e. The topological polar surface area (TPSA) is 108 Å². The molecular formula is C27H30N4O5. The van der Waals surface area contributed by atoms with Crippen LogP contribution in [0.2, 0.25) is 0 Å². The number of benzene rings is 2. The predicted molar refractivity (Wildman–Crippen MR) is 138 cm³/mol. The van der Waals surface area contributed by atoms with E-state index in [1.54, 1.807) is 38.6 Å². The van der Waals surface area contributed by atoms with Crippen molar-refractivity contribution in [3.05, 3.63) is 75.3 Å². The first-order valence-electron chi connectivity index (χ1n) is 11.8. The molecule has 0 fully saturated rings. The van der Waals surface area contributed by atoms with Gasteiger partial charge in [0.15, 0.2) is 12.4 Å². The van der Waals surface area contributed by atoms with Crippen molar-refractivity contribution in [2.24, 2.45) is 16.1 Å². The van der Waals surface area contributed by atoms with E-state index in [-0.39, 0.29) is 23.4 Å². The Kier molecular flexibility index (Phi) is 7.68. The number of ether oxygens (including phenoxy) is 2. The van der Waals surface area contributed by atoms with E-state index in [4.69, 9.17) is 14.3 Å². The van der Waals surface area contributed by atoms with Crippen LogP contribution in [-0.2, 0) is 17.7 Å². The van der Waals surface area contributed by atoms with Crippen molar-refractivity contribution in [1.82, 2.24) is 9.55 Å². The van der Waals surface area contributed by atoms with Crippen LogP contribution in [0.1, 0.15) is 42.8 Å². The van der Waals surface area contributed by atoms with Gasteiger partial charge in [-0.25, -0.2) is 4.99 Å². The Morgan fingerprint density at radius 3 is 2.36 bits per heavy atom. The lowest BCUT2D eigenvalue weighted by Gasteiger charge is -2.20. The van der Waals surface area contributed by atoms with Crippen molar-refractivity contribution in [2.45, 2.75) is 33.1 Å². The fourth-order valence-electron chi connectivity index (χ4n) is 3.99. The summed E-state index contributed by atoms with van der Waals surface area (Å²) < 4.78 is 12.7. The third-order valence-corrected chi connectivity index (χ3v) is 5.90.